The third-order valence-electron chi connectivity index (χ3n) is 6.18. The molecule has 0 unspecified atom stereocenters. The van der Waals surface area contributed by atoms with E-state index in [9.17, 15) is 14.7 Å². The molecule has 5 rings (SSSR count). The van der Waals surface area contributed by atoms with Crippen molar-refractivity contribution in [2.45, 2.75) is 19.8 Å². The molecule has 0 saturated heterocycles. The van der Waals surface area contributed by atoms with Crippen LogP contribution in [0.25, 0.3) is 17.0 Å². The standard InChI is InChI=1S/C28H22Cl2N4O4/c1-16(2)24-22(27(36)34(31-24)18-9-12-20(29)21(30)15-18)23-25(32-13-5-4-6-14-32)28(37)33(26(23)35)17-7-10-19(38-3)11-8-17/h4-16H,1-3H3. The first-order chi connectivity index (χ1) is 18.2. The average molecular weight is 549 g/mol. The van der Waals surface area contributed by atoms with Crippen LogP contribution in [-0.4, -0.2) is 28.7 Å². The third kappa shape index (κ3) is 4.21. The Labute approximate surface area is 228 Å². The highest BCUT2D eigenvalue weighted by Crippen LogP contribution is 2.41. The van der Waals surface area contributed by atoms with Crippen LogP contribution in [-0.2, 0) is 9.59 Å². The fraction of sp³-hybridized carbons (Fsp3) is 0.143. The first-order valence-corrected chi connectivity index (χ1v) is 12.5. The summed E-state index contributed by atoms with van der Waals surface area (Å²) >= 11 is 12.3. The van der Waals surface area contributed by atoms with Crippen LogP contribution in [0.3, 0.4) is 0 Å². The van der Waals surface area contributed by atoms with Gasteiger partial charge in [0.25, 0.3) is 11.6 Å². The average Bonchev–Trinajstić information content (AvgIpc) is 3.38. The van der Waals surface area contributed by atoms with Crippen LogP contribution in [0, 0.1) is 0 Å². The largest absolute Gasteiger partial charge is 0.858 e. The van der Waals surface area contributed by atoms with E-state index < -0.39 is 17.7 Å². The number of imide groups is 1. The maximum Gasteiger partial charge on any atom is 0.331 e. The Kier molecular flexibility index (Phi) is 6.69. The summed E-state index contributed by atoms with van der Waals surface area (Å²) in [6.45, 7) is 3.73. The first kappa shape index (κ1) is 25.5. The van der Waals surface area contributed by atoms with Gasteiger partial charge < -0.3 is 9.84 Å². The molecule has 3 heterocycles. The van der Waals surface area contributed by atoms with Gasteiger partial charge in [0.1, 0.15) is 11.3 Å². The van der Waals surface area contributed by atoms with E-state index in [2.05, 4.69) is 5.10 Å². The minimum absolute atomic E-state index is 0.0259. The Morgan fingerprint density at radius 3 is 2.18 bits per heavy atom. The molecule has 0 atom stereocenters. The molecule has 2 aromatic heterocycles. The highest BCUT2D eigenvalue weighted by atomic mass is 35.5. The monoisotopic (exact) mass is 548 g/mol. The molecule has 192 valence electrons. The predicted molar refractivity (Wildman–Crippen MR) is 142 cm³/mol. The van der Waals surface area contributed by atoms with Gasteiger partial charge in [-0.25, -0.2) is 9.58 Å². The minimum Gasteiger partial charge on any atom is -0.858 e. The van der Waals surface area contributed by atoms with Crippen molar-refractivity contribution in [3.8, 4) is 17.3 Å². The SMILES string of the molecule is COc1ccc(N2C(=O)C(c3c(C(C)C)nn(-c4ccc(Cl)c(Cl)c4)c3[O-])=C([n+]3ccccc3)C2=O)cc1. The molecule has 0 bridgehead atoms. The summed E-state index contributed by atoms with van der Waals surface area (Å²) in [6.07, 6.45) is 3.31. The van der Waals surface area contributed by atoms with E-state index >= 15 is 0 Å². The fourth-order valence-electron chi connectivity index (χ4n) is 4.35. The van der Waals surface area contributed by atoms with Crippen LogP contribution < -0.4 is 19.3 Å². The Morgan fingerprint density at radius 2 is 1.58 bits per heavy atom. The van der Waals surface area contributed by atoms with Crippen molar-refractivity contribution in [1.29, 1.82) is 0 Å². The summed E-state index contributed by atoms with van der Waals surface area (Å²) in [5, 5.41) is 19.1. The summed E-state index contributed by atoms with van der Waals surface area (Å²) in [5.41, 5.74) is 1.20. The highest BCUT2D eigenvalue weighted by Gasteiger charge is 2.47. The Bertz CT molecular complexity index is 1600. The van der Waals surface area contributed by atoms with Crippen LogP contribution in [0.15, 0.2) is 73.1 Å². The van der Waals surface area contributed by atoms with Crippen molar-refractivity contribution in [1.82, 2.24) is 9.78 Å². The number of rotatable bonds is 6. The lowest BCUT2D eigenvalue weighted by Crippen LogP contribution is -2.39. The number of aromatic nitrogens is 3. The number of nitrogens with zero attached hydrogens (tertiary/aromatic N) is 4. The Balaban J connectivity index is 1.76. The molecule has 10 heteroatoms. The molecule has 38 heavy (non-hydrogen) atoms. The number of methoxy groups -OCH3 is 1. The summed E-state index contributed by atoms with van der Waals surface area (Å²) < 4.78 is 7.93. The molecule has 0 spiro atoms. The Morgan fingerprint density at radius 1 is 0.921 bits per heavy atom. The van der Waals surface area contributed by atoms with Gasteiger partial charge in [0.2, 0.25) is 0 Å². The van der Waals surface area contributed by atoms with Crippen LogP contribution >= 0.6 is 23.2 Å². The molecular formula is C28H22Cl2N4O4. The molecule has 2 amide bonds. The zero-order valence-corrected chi connectivity index (χ0v) is 22.2. The van der Waals surface area contributed by atoms with Gasteiger partial charge in [0.15, 0.2) is 12.4 Å². The molecule has 8 nitrogen and oxygen atoms in total. The van der Waals surface area contributed by atoms with Gasteiger partial charge in [0.05, 0.1) is 34.2 Å². The fourth-order valence-corrected chi connectivity index (χ4v) is 4.64. The smallest absolute Gasteiger partial charge is 0.331 e. The van der Waals surface area contributed by atoms with Crippen LogP contribution in [0.2, 0.25) is 10.0 Å². The maximum absolute atomic E-state index is 14.0. The minimum atomic E-state index is -0.626. The summed E-state index contributed by atoms with van der Waals surface area (Å²) in [4.78, 5) is 28.9. The maximum atomic E-state index is 14.0. The number of ether oxygens (including phenoxy) is 1. The summed E-state index contributed by atoms with van der Waals surface area (Å²) in [6, 6.07) is 16.5. The predicted octanol–water partition coefficient (Wildman–Crippen LogP) is 4.61. The van der Waals surface area contributed by atoms with Gasteiger partial charge in [-0.3, -0.25) is 9.59 Å². The second kappa shape index (κ2) is 9.96. The van der Waals surface area contributed by atoms with Crippen molar-refractivity contribution in [2.24, 2.45) is 0 Å². The van der Waals surface area contributed by atoms with Gasteiger partial charge in [-0.2, -0.15) is 9.67 Å². The van der Waals surface area contributed by atoms with E-state index in [0.29, 0.717) is 27.8 Å². The second-order valence-corrected chi connectivity index (χ2v) is 9.69. The number of pyridine rings is 1. The number of halogens is 2. The van der Waals surface area contributed by atoms with Gasteiger partial charge in [0, 0.05) is 17.7 Å². The lowest BCUT2D eigenvalue weighted by Gasteiger charge is -2.16. The number of amides is 2. The number of carbonyl (C=O) groups is 2. The topological polar surface area (TPSA) is 91.4 Å². The molecule has 0 radical (unpaired) electrons. The van der Waals surface area contributed by atoms with Crippen molar-refractivity contribution in [3.63, 3.8) is 0 Å². The van der Waals surface area contributed by atoms with Crippen molar-refractivity contribution >= 4 is 52.0 Å². The molecule has 1 aliphatic rings. The van der Waals surface area contributed by atoms with Gasteiger partial charge >= 0.3 is 5.91 Å². The van der Waals surface area contributed by atoms with Gasteiger partial charge in [-0.15, -0.1) is 0 Å². The number of hydrogen-bond acceptors (Lipinski definition) is 5. The quantitative estimate of drug-likeness (QED) is 0.259. The Hall–Kier alpha value is -4.14. The molecule has 2 aromatic carbocycles. The van der Waals surface area contributed by atoms with E-state index in [1.165, 1.54) is 17.9 Å². The highest BCUT2D eigenvalue weighted by molar-refractivity contribution is 6.53. The lowest BCUT2D eigenvalue weighted by molar-refractivity contribution is -0.576. The molecule has 4 aromatic rings. The molecule has 0 N–H and O–H groups in total. The molecular weight excluding hydrogens is 527 g/mol. The van der Waals surface area contributed by atoms with Crippen molar-refractivity contribution < 1.29 is 24.0 Å². The van der Waals surface area contributed by atoms with Crippen molar-refractivity contribution in [3.05, 3.63) is 94.4 Å². The van der Waals surface area contributed by atoms with Gasteiger partial charge in [-0.05, 0) is 54.3 Å². The summed E-state index contributed by atoms with van der Waals surface area (Å²) in [7, 11) is 1.53. The zero-order chi connectivity index (χ0) is 27.1. The number of benzene rings is 2. The molecule has 0 saturated carbocycles. The van der Waals surface area contributed by atoms with E-state index in [4.69, 9.17) is 27.9 Å². The molecule has 0 fully saturated rings. The summed E-state index contributed by atoms with van der Waals surface area (Å²) in [5.74, 6) is -1.41. The van der Waals surface area contributed by atoms with Crippen LogP contribution in [0.5, 0.6) is 11.6 Å². The van der Waals surface area contributed by atoms with E-state index in [1.807, 2.05) is 13.8 Å². The van der Waals surface area contributed by atoms with E-state index in [1.54, 1.807) is 71.6 Å². The normalized spacial score (nSPS) is 13.7. The van der Waals surface area contributed by atoms with Gasteiger partial charge in [-0.1, -0.05) is 43.1 Å². The number of carbonyl (C=O) groups excluding carboxylic acids is 2. The van der Waals surface area contributed by atoms with Crippen LogP contribution in [0.4, 0.5) is 5.69 Å². The third-order valence-corrected chi connectivity index (χ3v) is 6.92. The zero-order valence-electron chi connectivity index (χ0n) is 20.7. The lowest BCUT2D eigenvalue weighted by atomic mass is 9.98. The first-order valence-electron chi connectivity index (χ1n) is 11.7. The second-order valence-electron chi connectivity index (χ2n) is 8.88. The molecule has 1 aliphatic heterocycles. The number of anilines is 1. The number of hydrogen-bond donors (Lipinski definition) is 0. The van der Waals surface area contributed by atoms with E-state index in [0.717, 1.165) is 4.90 Å². The van der Waals surface area contributed by atoms with E-state index in [-0.39, 0.29) is 27.8 Å². The van der Waals surface area contributed by atoms with Crippen molar-refractivity contribution in [2.75, 3.05) is 12.0 Å². The molecule has 0 aliphatic carbocycles. The van der Waals surface area contributed by atoms with Crippen LogP contribution in [0.1, 0.15) is 31.0 Å².